The molecule has 0 aliphatic heterocycles. The molecule has 30 heavy (non-hydrogen) atoms. The minimum atomic E-state index is -1.58. The van der Waals surface area contributed by atoms with Gasteiger partial charge in [-0.1, -0.05) is 18.2 Å². The molecule has 0 bridgehead atoms. The van der Waals surface area contributed by atoms with Crippen LogP contribution >= 0.6 is 0 Å². The third-order valence-electron chi connectivity index (χ3n) is 3.48. The van der Waals surface area contributed by atoms with E-state index in [9.17, 15) is 28.8 Å². The summed E-state index contributed by atoms with van der Waals surface area (Å²) in [6.07, 6.45) is 5.86. The number of allylic oxidation sites excluding steroid dienone is 3. The summed E-state index contributed by atoms with van der Waals surface area (Å²) in [5.41, 5.74) is -4.73. The average molecular weight is 423 g/mol. The van der Waals surface area contributed by atoms with Crippen LogP contribution in [0.4, 0.5) is 0 Å². The lowest BCUT2D eigenvalue weighted by Crippen LogP contribution is -2.58. The van der Waals surface area contributed by atoms with Gasteiger partial charge in [-0.25, -0.2) is 14.4 Å². The molecule has 12 nitrogen and oxygen atoms in total. The molecule has 162 valence electrons. The molecule has 1 aromatic heterocycles. The number of aliphatic hydroxyl groups excluding tert-OH is 3. The topological polar surface area (TPSA) is 178 Å². The molecule has 1 aromatic rings. The van der Waals surface area contributed by atoms with Gasteiger partial charge in [0.2, 0.25) is 0 Å². The van der Waals surface area contributed by atoms with E-state index in [1.807, 2.05) is 0 Å². The van der Waals surface area contributed by atoms with Crippen molar-refractivity contribution in [3.8, 4) is 0 Å². The van der Waals surface area contributed by atoms with Gasteiger partial charge < -0.3 is 15.3 Å². The molecule has 0 radical (unpaired) electrons. The van der Waals surface area contributed by atoms with Crippen LogP contribution in [0.3, 0.4) is 0 Å². The van der Waals surface area contributed by atoms with Crippen LogP contribution in [0.25, 0.3) is 0 Å². The SMILES string of the molecule is O=C(C=CCCO)n1c(=O)n(C(=O)C=CCCO)c(=O)n(C(=O)C=CCCO)c1=O. The van der Waals surface area contributed by atoms with Gasteiger partial charge in [0.25, 0.3) is 17.7 Å². The second kappa shape index (κ2) is 12.2. The fourth-order valence-corrected chi connectivity index (χ4v) is 2.11. The monoisotopic (exact) mass is 423 g/mol. The first-order valence-corrected chi connectivity index (χ1v) is 8.78. The van der Waals surface area contributed by atoms with Gasteiger partial charge in [-0.3, -0.25) is 14.4 Å². The Bertz CT molecular complexity index is 891. The van der Waals surface area contributed by atoms with Gasteiger partial charge in [0.05, 0.1) is 0 Å². The Morgan fingerprint density at radius 1 is 0.567 bits per heavy atom. The maximum Gasteiger partial charge on any atom is 0.350 e. The molecule has 12 heteroatoms. The van der Waals surface area contributed by atoms with Gasteiger partial charge in [-0.15, -0.1) is 0 Å². The van der Waals surface area contributed by atoms with Crippen LogP contribution < -0.4 is 17.1 Å². The quantitative estimate of drug-likeness (QED) is 0.376. The zero-order chi connectivity index (χ0) is 22.7. The van der Waals surface area contributed by atoms with E-state index < -0.39 is 34.8 Å². The van der Waals surface area contributed by atoms with Crippen molar-refractivity contribution < 1.29 is 29.7 Å². The van der Waals surface area contributed by atoms with Crippen molar-refractivity contribution >= 4 is 17.7 Å². The lowest BCUT2D eigenvalue weighted by atomic mass is 10.3. The number of aliphatic hydroxyl groups is 3. The third kappa shape index (κ3) is 6.01. The van der Waals surface area contributed by atoms with E-state index in [0.717, 1.165) is 36.5 Å². The number of hydrogen-bond acceptors (Lipinski definition) is 9. The molecule has 3 N–H and O–H groups in total. The molecule has 0 saturated heterocycles. The Kier molecular flexibility index (Phi) is 9.96. The second-order valence-electron chi connectivity index (χ2n) is 5.61. The summed E-state index contributed by atoms with van der Waals surface area (Å²) in [4.78, 5) is 74.5. The molecule has 0 saturated carbocycles. The van der Waals surface area contributed by atoms with Gasteiger partial charge in [-0.2, -0.15) is 13.7 Å². The molecular weight excluding hydrogens is 402 g/mol. The van der Waals surface area contributed by atoms with E-state index in [2.05, 4.69) is 0 Å². The van der Waals surface area contributed by atoms with E-state index in [1.54, 1.807) is 0 Å². The fraction of sp³-hybridized carbons (Fsp3) is 0.333. The van der Waals surface area contributed by atoms with Crippen molar-refractivity contribution in [3.63, 3.8) is 0 Å². The number of aromatic nitrogens is 3. The molecule has 0 fully saturated rings. The number of nitrogens with zero attached hydrogens (tertiary/aromatic N) is 3. The van der Waals surface area contributed by atoms with Crippen molar-refractivity contribution in [1.29, 1.82) is 0 Å². The summed E-state index contributed by atoms with van der Waals surface area (Å²) < 4.78 is -0.194. The van der Waals surface area contributed by atoms with Crippen LogP contribution in [0.2, 0.25) is 0 Å². The smallest absolute Gasteiger partial charge is 0.350 e. The largest absolute Gasteiger partial charge is 0.396 e. The summed E-state index contributed by atoms with van der Waals surface area (Å²) in [6.45, 7) is -0.944. The summed E-state index contributed by atoms with van der Waals surface area (Å²) >= 11 is 0. The summed E-state index contributed by atoms with van der Waals surface area (Å²) in [6, 6.07) is 0. The predicted octanol–water partition coefficient (Wildman–Crippen LogP) is -2.09. The first kappa shape index (κ1) is 24.6. The minimum Gasteiger partial charge on any atom is -0.396 e. The van der Waals surface area contributed by atoms with Crippen LogP contribution in [-0.4, -0.2) is 66.6 Å². The van der Waals surface area contributed by atoms with Gasteiger partial charge in [0, 0.05) is 38.0 Å². The molecule has 0 atom stereocenters. The maximum absolute atomic E-state index is 12.5. The van der Waals surface area contributed by atoms with Crippen LogP contribution in [0.15, 0.2) is 50.8 Å². The van der Waals surface area contributed by atoms with Gasteiger partial charge in [0.15, 0.2) is 0 Å². The van der Waals surface area contributed by atoms with E-state index >= 15 is 0 Å². The van der Waals surface area contributed by atoms with Crippen LogP contribution in [0.1, 0.15) is 33.6 Å². The van der Waals surface area contributed by atoms with Crippen molar-refractivity contribution in [2.24, 2.45) is 0 Å². The molecular formula is C18H21N3O9. The lowest BCUT2D eigenvalue weighted by Gasteiger charge is -2.08. The van der Waals surface area contributed by atoms with Gasteiger partial charge in [-0.05, 0) is 19.3 Å². The normalized spacial score (nSPS) is 11.7. The highest BCUT2D eigenvalue weighted by Crippen LogP contribution is 1.89. The van der Waals surface area contributed by atoms with Crippen molar-refractivity contribution in [3.05, 3.63) is 67.9 Å². The first-order valence-electron chi connectivity index (χ1n) is 8.78. The van der Waals surface area contributed by atoms with E-state index in [-0.39, 0.29) is 52.8 Å². The summed E-state index contributed by atoms with van der Waals surface area (Å²) in [5.74, 6) is -3.71. The molecule has 0 aliphatic rings. The zero-order valence-corrected chi connectivity index (χ0v) is 15.8. The lowest BCUT2D eigenvalue weighted by molar-refractivity contribution is 0.0908. The Morgan fingerprint density at radius 2 is 0.800 bits per heavy atom. The average Bonchev–Trinajstić information content (AvgIpc) is 2.68. The Labute approximate surface area is 168 Å². The van der Waals surface area contributed by atoms with E-state index in [0.29, 0.717) is 0 Å². The zero-order valence-electron chi connectivity index (χ0n) is 15.8. The number of rotatable bonds is 9. The Hall–Kier alpha value is -3.48. The number of carbonyl (C=O) groups excluding carboxylic acids is 3. The highest BCUT2D eigenvalue weighted by molar-refractivity contribution is 5.94. The molecule has 1 heterocycles. The molecule has 0 aromatic carbocycles. The Balaban J connectivity index is 3.77. The second-order valence-corrected chi connectivity index (χ2v) is 5.61. The number of carbonyl (C=O) groups is 3. The van der Waals surface area contributed by atoms with Crippen molar-refractivity contribution in [1.82, 2.24) is 13.7 Å². The molecule has 0 amide bonds. The van der Waals surface area contributed by atoms with Crippen LogP contribution in [0, 0.1) is 0 Å². The molecule has 1 rings (SSSR count). The minimum absolute atomic E-state index is 0.0278. The van der Waals surface area contributed by atoms with Crippen LogP contribution in [-0.2, 0) is 0 Å². The summed E-state index contributed by atoms with van der Waals surface area (Å²) in [5, 5.41) is 26.3. The first-order chi connectivity index (χ1) is 14.3. The Morgan fingerprint density at radius 3 is 1.00 bits per heavy atom. The fourth-order valence-electron chi connectivity index (χ4n) is 2.11. The van der Waals surface area contributed by atoms with Crippen molar-refractivity contribution in [2.75, 3.05) is 19.8 Å². The van der Waals surface area contributed by atoms with Crippen molar-refractivity contribution in [2.45, 2.75) is 19.3 Å². The predicted molar refractivity (Wildman–Crippen MR) is 104 cm³/mol. The third-order valence-corrected chi connectivity index (χ3v) is 3.48. The van der Waals surface area contributed by atoms with Crippen LogP contribution in [0.5, 0.6) is 0 Å². The number of hydrogen-bond donors (Lipinski definition) is 3. The maximum atomic E-state index is 12.5. The molecule has 0 spiro atoms. The molecule has 0 aliphatic carbocycles. The summed E-state index contributed by atoms with van der Waals surface area (Å²) in [7, 11) is 0. The standard InChI is InChI=1S/C18H21N3O9/c22-10-4-1-7-13(25)19-16(28)20(14(26)8-2-5-11-23)18(30)21(17(19)29)15(27)9-3-6-12-24/h1-3,7-9,22-24H,4-6,10-12H2. The van der Waals surface area contributed by atoms with E-state index in [4.69, 9.17) is 15.3 Å². The van der Waals surface area contributed by atoms with Gasteiger partial charge in [0.1, 0.15) is 0 Å². The van der Waals surface area contributed by atoms with E-state index in [1.165, 1.54) is 0 Å². The highest BCUT2D eigenvalue weighted by Gasteiger charge is 2.24. The van der Waals surface area contributed by atoms with Gasteiger partial charge >= 0.3 is 17.1 Å². The molecule has 0 unspecified atom stereocenters. The highest BCUT2D eigenvalue weighted by atomic mass is 16.3.